The van der Waals surface area contributed by atoms with Gasteiger partial charge in [0.25, 0.3) is 0 Å². The van der Waals surface area contributed by atoms with Gasteiger partial charge in [0.2, 0.25) is 5.75 Å². The van der Waals surface area contributed by atoms with Crippen LogP contribution in [0.1, 0.15) is 18.5 Å². The summed E-state index contributed by atoms with van der Waals surface area (Å²) < 4.78 is 22.8. The second-order valence-corrected chi connectivity index (χ2v) is 7.63. The van der Waals surface area contributed by atoms with E-state index in [1.165, 1.54) is 0 Å². The molecular formula is C23H28N4O4. The number of anilines is 1. The number of nitrogens with zero attached hydrogens (tertiary/aromatic N) is 4. The molecule has 1 fully saturated rings. The lowest BCUT2D eigenvalue weighted by Gasteiger charge is -2.34. The quantitative estimate of drug-likeness (QED) is 0.569. The minimum absolute atomic E-state index is 0.382. The van der Waals surface area contributed by atoms with Crippen LogP contribution in [0.4, 0.5) is 5.82 Å². The molecule has 1 saturated heterocycles. The molecule has 4 rings (SSSR count). The van der Waals surface area contributed by atoms with Gasteiger partial charge in [0.1, 0.15) is 5.75 Å². The zero-order chi connectivity index (χ0) is 21.8. The van der Waals surface area contributed by atoms with Crippen LogP contribution in [-0.4, -0.2) is 56.2 Å². The smallest absolute Gasteiger partial charge is 0.204 e. The third kappa shape index (κ3) is 4.15. The lowest BCUT2D eigenvalue weighted by molar-refractivity contribution is 0.226. The van der Waals surface area contributed by atoms with Crippen LogP contribution in [0.2, 0.25) is 0 Å². The second-order valence-electron chi connectivity index (χ2n) is 7.63. The number of piperidine rings is 1. The monoisotopic (exact) mass is 424 g/mol. The third-order valence-electron chi connectivity index (χ3n) is 5.70. The van der Waals surface area contributed by atoms with Gasteiger partial charge < -0.3 is 23.8 Å². The van der Waals surface area contributed by atoms with Gasteiger partial charge in [-0.3, -0.25) is 4.98 Å². The fourth-order valence-electron chi connectivity index (χ4n) is 4.14. The van der Waals surface area contributed by atoms with Crippen molar-refractivity contribution >= 4 is 16.6 Å². The Balaban J connectivity index is 1.61. The predicted molar refractivity (Wildman–Crippen MR) is 119 cm³/mol. The number of hydrogen-bond donors (Lipinski definition) is 0. The van der Waals surface area contributed by atoms with Crippen LogP contribution < -0.4 is 23.8 Å². The van der Waals surface area contributed by atoms with Gasteiger partial charge in [-0.25, -0.2) is 0 Å². The largest absolute Gasteiger partial charge is 0.493 e. The maximum Gasteiger partial charge on any atom is 0.204 e. The molecule has 0 saturated carbocycles. The summed E-state index contributed by atoms with van der Waals surface area (Å²) in [6.45, 7) is 4.35. The molecular weight excluding hydrogens is 396 g/mol. The highest BCUT2D eigenvalue weighted by Crippen LogP contribution is 2.45. The number of ether oxygens (including phenoxy) is 4. The first-order chi connectivity index (χ1) is 15.2. The maximum absolute atomic E-state index is 6.07. The Morgan fingerprint density at radius 2 is 1.90 bits per heavy atom. The van der Waals surface area contributed by atoms with Gasteiger partial charge in [0.15, 0.2) is 17.3 Å². The van der Waals surface area contributed by atoms with Crippen LogP contribution in [-0.2, 0) is 0 Å². The molecule has 1 aliphatic heterocycles. The molecule has 8 nitrogen and oxygen atoms in total. The molecule has 0 N–H and O–H groups in total. The SMILES string of the molecule is COc1cc2c(N3CCCC(COc4cccnc4C)C3)nncc2c(OC)c1OC. The molecule has 1 unspecified atom stereocenters. The van der Waals surface area contributed by atoms with Gasteiger partial charge >= 0.3 is 0 Å². The van der Waals surface area contributed by atoms with Crippen LogP contribution in [0.15, 0.2) is 30.6 Å². The molecule has 0 radical (unpaired) electrons. The zero-order valence-corrected chi connectivity index (χ0v) is 18.4. The molecule has 1 aromatic carbocycles. The summed E-state index contributed by atoms with van der Waals surface area (Å²) in [6, 6.07) is 5.81. The number of benzene rings is 1. The average molecular weight is 425 g/mol. The highest BCUT2D eigenvalue weighted by Gasteiger charge is 2.26. The van der Waals surface area contributed by atoms with Gasteiger partial charge in [-0.2, -0.15) is 5.10 Å². The lowest BCUT2D eigenvalue weighted by atomic mass is 9.98. The van der Waals surface area contributed by atoms with Gasteiger partial charge in [-0.15, -0.1) is 5.10 Å². The molecule has 0 spiro atoms. The summed E-state index contributed by atoms with van der Waals surface area (Å²) in [4.78, 5) is 6.57. The molecule has 31 heavy (non-hydrogen) atoms. The fraction of sp³-hybridized carbons (Fsp3) is 0.435. The third-order valence-corrected chi connectivity index (χ3v) is 5.70. The van der Waals surface area contributed by atoms with E-state index in [1.54, 1.807) is 33.7 Å². The normalized spacial score (nSPS) is 16.3. The zero-order valence-electron chi connectivity index (χ0n) is 18.4. The van der Waals surface area contributed by atoms with E-state index in [0.717, 1.165) is 54.0 Å². The van der Waals surface area contributed by atoms with Gasteiger partial charge in [-0.05, 0) is 38.0 Å². The Labute approximate surface area is 182 Å². The van der Waals surface area contributed by atoms with Crippen molar-refractivity contribution in [3.05, 3.63) is 36.3 Å². The van der Waals surface area contributed by atoms with Crippen molar-refractivity contribution in [2.45, 2.75) is 19.8 Å². The van der Waals surface area contributed by atoms with Crippen molar-refractivity contribution in [1.82, 2.24) is 15.2 Å². The predicted octanol–water partition coefficient (Wildman–Crippen LogP) is 3.65. The van der Waals surface area contributed by atoms with Crippen molar-refractivity contribution in [2.75, 3.05) is 45.9 Å². The highest BCUT2D eigenvalue weighted by atomic mass is 16.5. The number of aryl methyl sites for hydroxylation is 1. The molecule has 8 heteroatoms. The molecule has 164 valence electrons. The van der Waals surface area contributed by atoms with Crippen molar-refractivity contribution < 1.29 is 18.9 Å². The van der Waals surface area contributed by atoms with Crippen molar-refractivity contribution in [3.8, 4) is 23.0 Å². The van der Waals surface area contributed by atoms with E-state index in [4.69, 9.17) is 18.9 Å². The summed E-state index contributed by atoms with van der Waals surface area (Å²) in [5.74, 6) is 3.79. The van der Waals surface area contributed by atoms with E-state index < -0.39 is 0 Å². The lowest BCUT2D eigenvalue weighted by Crippen LogP contribution is -2.38. The maximum atomic E-state index is 6.07. The van der Waals surface area contributed by atoms with Crippen molar-refractivity contribution in [3.63, 3.8) is 0 Å². The van der Waals surface area contributed by atoms with E-state index in [2.05, 4.69) is 20.1 Å². The molecule has 1 aliphatic rings. The minimum atomic E-state index is 0.382. The van der Waals surface area contributed by atoms with Gasteiger partial charge in [-0.1, -0.05) is 0 Å². The number of methoxy groups -OCH3 is 3. The van der Waals surface area contributed by atoms with Crippen LogP contribution in [0, 0.1) is 12.8 Å². The topological polar surface area (TPSA) is 78.8 Å². The summed E-state index contributed by atoms with van der Waals surface area (Å²) in [5.41, 5.74) is 0.906. The summed E-state index contributed by atoms with van der Waals surface area (Å²) in [6.07, 6.45) is 5.65. The first-order valence-corrected chi connectivity index (χ1v) is 10.4. The van der Waals surface area contributed by atoms with Crippen LogP contribution >= 0.6 is 0 Å². The Morgan fingerprint density at radius 3 is 2.65 bits per heavy atom. The number of pyridine rings is 1. The fourth-order valence-corrected chi connectivity index (χ4v) is 4.14. The van der Waals surface area contributed by atoms with Crippen molar-refractivity contribution in [1.29, 1.82) is 0 Å². The Morgan fingerprint density at radius 1 is 1.06 bits per heavy atom. The molecule has 1 atom stereocenters. The summed E-state index contributed by atoms with van der Waals surface area (Å²) in [5, 5.41) is 10.5. The Kier molecular flexibility index (Phi) is 6.25. The molecule has 3 heterocycles. The van der Waals surface area contributed by atoms with Gasteiger partial charge in [0.05, 0.1) is 45.2 Å². The molecule has 0 bridgehead atoms. The number of hydrogen-bond acceptors (Lipinski definition) is 8. The van der Waals surface area contributed by atoms with E-state index >= 15 is 0 Å². The average Bonchev–Trinajstić information content (AvgIpc) is 2.81. The molecule has 2 aromatic heterocycles. The number of aromatic nitrogens is 3. The highest BCUT2D eigenvalue weighted by molar-refractivity contribution is 5.99. The van der Waals surface area contributed by atoms with Crippen LogP contribution in [0.3, 0.4) is 0 Å². The van der Waals surface area contributed by atoms with Crippen LogP contribution in [0.5, 0.6) is 23.0 Å². The summed E-state index contributed by atoms with van der Waals surface area (Å²) >= 11 is 0. The first kappa shape index (κ1) is 21.0. The standard InChI is InChI=1S/C23H28N4O4/c1-15-19(8-5-9-24-15)31-14-16-7-6-10-27(13-16)23-17-11-20(28-2)22(30-4)21(29-3)18(17)12-25-26-23/h5,8-9,11-12,16H,6-7,10,13-14H2,1-4H3. The molecule has 0 aliphatic carbocycles. The first-order valence-electron chi connectivity index (χ1n) is 10.4. The van der Waals surface area contributed by atoms with Crippen molar-refractivity contribution in [2.24, 2.45) is 5.92 Å². The minimum Gasteiger partial charge on any atom is -0.493 e. The number of fused-ring (bicyclic) bond motifs is 1. The van der Waals surface area contributed by atoms with E-state index in [-0.39, 0.29) is 0 Å². The summed E-state index contributed by atoms with van der Waals surface area (Å²) in [7, 11) is 4.83. The molecule has 3 aromatic rings. The van der Waals surface area contributed by atoms with Crippen LogP contribution in [0.25, 0.3) is 10.8 Å². The Bertz CT molecular complexity index is 1060. The van der Waals surface area contributed by atoms with E-state index in [1.807, 2.05) is 25.1 Å². The Hall–Kier alpha value is -3.29. The second kappa shape index (κ2) is 9.24. The van der Waals surface area contributed by atoms with E-state index in [0.29, 0.717) is 29.8 Å². The number of rotatable bonds is 7. The van der Waals surface area contributed by atoms with E-state index in [9.17, 15) is 0 Å². The molecule has 0 amide bonds. The van der Waals surface area contributed by atoms with Gasteiger partial charge in [0, 0.05) is 30.6 Å².